The van der Waals surface area contributed by atoms with Gasteiger partial charge in [-0.3, -0.25) is 0 Å². The van der Waals surface area contributed by atoms with Crippen LogP contribution in [0.15, 0.2) is 77.9 Å². The van der Waals surface area contributed by atoms with Gasteiger partial charge in [-0.1, -0.05) is 96.4 Å². The summed E-state index contributed by atoms with van der Waals surface area (Å²) in [4.78, 5) is 0. The number of unbranched alkanes of at least 4 members (excludes halogenated alkanes) is 1. The molecule has 2 aliphatic carbocycles. The third-order valence-corrected chi connectivity index (χ3v) is 9.48. The van der Waals surface area contributed by atoms with Crippen molar-refractivity contribution in [3.05, 3.63) is 106 Å². The Labute approximate surface area is 212 Å². The minimum Gasteiger partial charge on any atom is -0.126 e. The van der Waals surface area contributed by atoms with E-state index in [0.29, 0.717) is 5.92 Å². The first kappa shape index (κ1) is 23.0. The monoisotopic (exact) mass is 508 g/mol. The van der Waals surface area contributed by atoms with Crippen LogP contribution in [0.4, 0.5) is 0 Å². The molecular weight excluding hydrogens is 483 g/mol. The fourth-order valence-electron chi connectivity index (χ4n) is 5.32. The average molecular weight is 510 g/mol. The predicted octanol–water partition coefficient (Wildman–Crippen LogP) is 9.47. The summed E-state index contributed by atoms with van der Waals surface area (Å²) in [5, 5.41) is 0. The van der Waals surface area contributed by atoms with E-state index in [-0.39, 0.29) is 0 Å². The molecule has 0 spiro atoms. The molecule has 0 N–H and O–H groups in total. The van der Waals surface area contributed by atoms with Crippen molar-refractivity contribution >= 4 is 51.4 Å². The number of hydrogen-bond acceptors (Lipinski definition) is 0. The lowest BCUT2D eigenvalue weighted by molar-refractivity contribution is 0.791. The first-order valence-corrected chi connectivity index (χ1v) is 16.9. The normalized spacial score (nSPS) is 16.9. The average Bonchev–Trinajstić information content (AvgIpc) is 3.35. The van der Waals surface area contributed by atoms with E-state index in [1.165, 1.54) is 50.1 Å². The second kappa shape index (κ2) is 9.47. The molecule has 168 valence electrons. The Kier molecular flexibility index (Phi) is 6.60. The van der Waals surface area contributed by atoms with Gasteiger partial charge in [-0.25, -0.2) is 0 Å². The zero-order valence-electron chi connectivity index (χ0n) is 18.8. The van der Waals surface area contributed by atoms with Gasteiger partial charge in [0.2, 0.25) is 0 Å². The molecule has 0 nitrogen and oxygen atoms in total. The highest BCUT2D eigenvalue weighted by molar-refractivity contribution is 7.64. The molecule has 0 saturated heterocycles. The molecule has 2 aliphatic rings. The van der Waals surface area contributed by atoms with E-state index >= 15 is 0 Å². The minimum atomic E-state index is -2.50. The van der Waals surface area contributed by atoms with Crippen LogP contribution in [0.1, 0.15) is 53.5 Å². The van der Waals surface area contributed by atoms with Gasteiger partial charge in [-0.2, -0.15) is 0 Å². The van der Waals surface area contributed by atoms with Crippen molar-refractivity contribution in [3.8, 4) is 11.1 Å². The van der Waals surface area contributed by atoms with Crippen molar-refractivity contribution in [2.75, 3.05) is 0 Å². The molecule has 33 heavy (non-hydrogen) atoms. The highest BCUT2D eigenvalue weighted by atomic mass is 35.8. The maximum atomic E-state index is 6.02. The number of rotatable bonds is 7. The molecule has 0 radical (unpaired) electrons. The first-order chi connectivity index (χ1) is 15.9. The lowest BCUT2D eigenvalue weighted by atomic mass is 9.86. The Hall–Kier alpha value is -1.77. The molecule has 0 saturated carbocycles. The van der Waals surface area contributed by atoms with Crippen molar-refractivity contribution in [1.29, 1.82) is 0 Å². The second-order valence-corrected chi connectivity index (χ2v) is 18.5. The molecule has 3 aromatic carbocycles. The van der Waals surface area contributed by atoms with Crippen LogP contribution >= 0.6 is 33.2 Å². The van der Waals surface area contributed by atoms with Crippen molar-refractivity contribution < 1.29 is 0 Å². The van der Waals surface area contributed by atoms with Crippen LogP contribution in [-0.2, 0) is 12.8 Å². The maximum absolute atomic E-state index is 6.02. The van der Waals surface area contributed by atoms with E-state index in [0.717, 1.165) is 31.7 Å². The molecule has 0 heterocycles. The van der Waals surface area contributed by atoms with Gasteiger partial charge in [0, 0.05) is 5.92 Å². The van der Waals surface area contributed by atoms with E-state index in [1.807, 2.05) is 0 Å². The van der Waals surface area contributed by atoms with E-state index < -0.39 is 6.00 Å². The Bertz CT molecular complexity index is 1240. The fraction of sp³-hybridized carbons (Fsp3) is 0.241. The van der Waals surface area contributed by atoms with Crippen molar-refractivity contribution in [3.63, 3.8) is 0 Å². The minimum absolute atomic E-state index is 0.369. The zero-order chi connectivity index (χ0) is 23.0. The maximum Gasteiger partial charge on any atom is 0.341 e. The Morgan fingerprint density at radius 3 is 2.48 bits per heavy atom. The molecule has 0 aliphatic heterocycles. The number of aryl methyl sites for hydroxylation is 1. The summed E-state index contributed by atoms with van der Waals surface area (Å²) >= 11 is 18.1. The second-order valence-electron chi connectivity index (χ2n) is 9.25. The van der Waals surface area contributed by atoms with E-state index in [4.69, 9.17) is 33.2 Å². The van der Waals surface area contributed by atoms with E-state index in [9.17, 15) is 0 Å². The first-order valence-electron chi connectivity index (χ1n) is 11.6. The van der Waals surface area contributed by atoms with Crippen LogP contribution < -0.4 is 0 Å². The number of fused-ring (bicyclic) bond motifs is 2. The molecule has 3 aromatic rings. The largest absolute Gasteiger partial charge is 0.341 e. The Balaban J connectivity index is 1.37. The van der Waals surface area contributed by atoms with Gasteiger partial charge in [0.1, 0.15) is 0 Å². The summed E-state index contributed by atoms with van der Waals surface area (Å²) in [5.74, 6) is 0.369. The molecule has 0 bridgehead atoms. The van der Waals surface area contributed by atoms with Gasteiger partial charge < -0.3 is 0 Å². The Morgan fingerprint density at radius 2 is 1.70 bits per heavy atom. The third-order valence-electron chi connectivity index (χ3n) is 6.86. The number of allylic oxidation sites excluding steroid dienone is 2. The zero-order valence-corrected chi connectivity index (χ0v) is 22.0. The highest BCUT2D eigenvalue weighted by Gasteiger charge is 2.30. The number of benzene rings is 3. The van der Waals surface area contributed by atoms with Crippen LogP contribution in [0.5, 0.6) is 0 Å². The SMILES string of the molecule is CC1=Cc2c(-c3ccccc3)cccc2C1C1=Cc2cc(CCCC[Si](Cl)(Cl)Cl)ccc2C1. The van der Waals surface area contributed by atoms with Gasteiger partial charge in [-0.05, 0) is 71.2 Å². The quantitative estimate of drug-likeness (QED) is 0.169. The fourth-order valence-corrected chi connectivity index (χ4v) is 7.17. The molecule has 1 unspecified atom stereocenters. The van der Waals surface area contributed by atoms with E-state index in [1.54, 1.807) is 0 Å². The standard InChI is InChI=1S/C29H27Cl3Si/c1-20-16-28-26(22-9-3-2-4-10-22)11-7-12-27(28)29(20)25-18-23-14-13-21(17-24(23)19-25)8-5-6-15-33(30,31)32/h2-4,7,9-14,16-17,19,29H,5-6,8,15,18H2,1H3. The van der Waals surface area contributed by atoms with Crippen molar-refractivity contribution in [2.45, 2.75) is 44.6 Å². The molecular formula is C29H27Cl3Si. The van der Waals surface area contributed by atoms with Crippen molar-refractivity contribution in [2.24, 2.45) is 0 Å². The summed E-state index contributed by atoms with van der Waals surface area (Å²) in [6.45, 7) is 2.28. The summed E-state index contributed by atoms with van der Waals surface area (Å²) < 4.78 is 0. The Morgan fingerprint density at radius 1 is 0.879 bits per heavy atom. The lowest BCUT2D eigenvalue weighted by Crippen LogP contribution is -2.07. The molecule has 5 rings (SSSR count). The molecule has 4 heteroatoms. The highest BCUT2D eigenvalue weighted by Crippen LogP contribution is 2.47. The van der Waals surface area contributed by atoms with Gasteiger partial charge in [0.15, 0.2) is 0 Å². The predicted molar refractivity (Wildman–Crippen MR) is 147 cm³/mol. The molecule has 0 aromatic heterocycles. The smallest absolute Gasteiger partial charge is 0.126 e. The van der Waals surface area contributed by atoms with Crippen LogP contribution in [0, 0.1) is 0 Å². The van der Waals surface area contributed by atoms with Gasteiger partial charge in [-0.15, -0.1) is 33.2 Å². The van der Waals surface area contributed by atoms with Gasteiger partial charge >= 0.3 is 6.00 Å². The van der Waals surface area contributed by atoms with Crippen LogP contribution in [0.3, 0.4) is 0 Å². The van der Waals surface area contributed by atoms with Crippen molar-refractivity contribution in [1.82, 2.24) is 0 Å². The molecule has 1 atom stereocenters. The molecule has 0 amide bonds. The summed E-state index contributed by atoms with van der Waals surface area (Å²) in [5.41, 5.74) is 12.5. The number of halogens is 3. The van der Waals surface area contributed by atoms with Gasteiger partial charge in [0.25, 0.3) is 0 Å². The van der Waals surface area contributed by atoms with Crippen LogP contribution in [0.2, 0.25) is 6.04 Å². The van der Waals surface area contributed by atoms with Crippen LogP contribution in [0.25, 0.3) is 23.3 Å². The summed E-state index contributed by atoms with van der Waals surface area (Å²) in [6.07, 6.45) is 8.94. The summed E-state index contributed by atoms with van der Waals surface area (Å²) in [6, 6.07) is 22.7. The summed E-state index contributed by atoms with van der Waals surface area (Å²) in [7, 11) is 0. The topological polar surface area (TPSA) is 0 Å². The van der Waals surface area contributed by atoms with Crippen LogP contribution in [-0.4, -0.2) is 6.00 Å². The molecule has 0 fully saturated rings. The van der Waals surface area contributed by atoms with E-state index in [2.05, 4.69) is 85.8 Å². The lowest BCUT2D eigenvalue weighted by Gasteiger charge is -2.17. The number of hydrogen-bond donors (Lipinski definition) is 0. The van der Waals surface area contributed by atoms with Gasteiger partial charge in [0.05, 0.1) is 0 Å². The third kappa shape index (κ3) is 5.03.